The highest BCUT2D eigenvalue weighted by Crippen LogP contribution is 2.35. The van der Waals surface area contributed by atoms with Gasteiger partial charge >= 0.3 is 5.97 Å². The highest BCUT2D eigenvalue weighted by atomic mass is 32.2. The van der Waals surface area contributed by atoms with Crippen LogP contribution in [0.4, 0.5) is 11.5 Å². The first-order chi connectivity index (χ1) is 13.6. The second kappa shape index (κ2) is 9.18. The van der Waals surface area contributed by atoms with E-state index in [0.717, 1.165) is 5.69 Å². The molecule has 2 heterocycles. The molecule has 0 aliphatic rings. The van der Waals surface area contributed by atoms with Crippen LogP contribution in [0, 0.1) is 0 Å². The number of benzene rings is 1. The number of para-hydroxylation sites is 2. The predicted molar refractivity (Wildman–Crippen MR) is 108 cm³/mol. The van der Waals surface area contributed by atoms with E-state index >= 15 is 0 Å². The SMILES string of the molecule is CCOC(=O)c1cnc(SC)nc1N(Cc1ccccn1)c1ccccc1O. The van der Waals surface area contributed by atoms with Crippen molar-refractivity contribution in [3.63, 3.8) is 0 Å². The minimum Gasteiger partial charge on any atom is -0.506 e. The van der Waals surface area contributed by atoms with Crippen molar-refractivity contribution in [2.24, 2.45) is 0 Å². The summed E-state index contributed by atoms with van der Waals surface area (Å²) < 4.78 is 5.18. The number of rotatable bonds is 7. The van der Waals surface area contributed by atoms with E-state index < -0.39 is 5.97 Å². The maximum atomic E-state index is 12.5. The van der Waals surface area contributed by atoms with E-state index in [9.17, 15) is 9.90 Å². The molecule has 8 heteroatoms. The molecule has 1 aromatic carbocycles. The van der Waals surface area contributed by atoms with E-state index in [1.54, 1.807) is 42.3 Å². The number of esters is 1. The van der Waals surface area contributed by atoms with Gasteiger partial charge in [-0.25, -0.2) is 14.8 Å². The summed E-state index contributed by atoms with van der Waals surface area (Å²) in [5.74, 6) is -0.103. The van der Waals surface area contributed by atoms with Crippen molar-refractivity contribution in [3.05, 3.63) is 66.1 Å². The van der Waals surface area contributed by atoms with E-state index in [-0.39, 0.29) is 17.9 Å². The molecule has 0 radical (unpaired) electrons. The van der Waals surface area contributed by atoms with Crippen molar-refractivity contribution in [1.82, 2.24) is 15.0 Å². The summed E-state index contributed by atoms with van der Waals surface area (Å²) in [6, 6.07) is 12.5. The molecule has 0 spiro atoms. The Bertz CT molecular complexity index is 953. The summed E-state index contributed by atoms with van der Waals surface area (Å²) >= 11 is 1.36. The van der Waals surface area contributed by atoms with Gasteiger partial charge in [-0.3, -0.25) is 4.98 Å². The molecule has 7 nitrogen and oxygen atoms in total. The van der Waals surface area contributed by atoms with Gasteiger partial charge in [0, 0.05) is 12.4 Å². The molecule has 0 aliphatic carbocycles. The summed E-state index contributed by atoms with van der Waals surface area (Å²) in [4.78, 5) is 27.4. The molecule has 28 heavy (non-hydrogen) atoms. The molecule has 3 aromatic rings. The number of pyridine rings is 1. The minimum absolute atomic E-state index is 0.0672. The van der Waals surface area contributed by atoms with Crippen LogP contribution in [0.25, 0.3) is 0 Å². The fourth-order valence-corrected chi connectivity index (χ4v) is 2.97. The highest BCUT2D eigenvalue weighted by Gasteiger charge is 2.24. The van der Waals surface area contributed by atoms with Crippen LogP contribution in [0.1, 0.15) is 23.0 Å². The Hall–Kier alpha value is -3.13. The van der Waals surface area contributed by atoms with Gasteiger partial charge < -0.3 is 14.7 Å². The van der Waals surface area contributed by atoms with E-state index in [2.05, 4.69) is 15.0 Å². The molecule has 0 bridgehead atoms. The van der Waals surface area contributed by atoms with Gasteiger partial charge in [0.2, 0.25) is 0 Å². The second-order valence-corrected chi connectivity index (χ2v) is 6.48. The fraction of sp³-hybridized carbons (Fsp3) is 0.200. The highest BCUT2D eigenvalue weighted by molar-refractivity contribution is 7.98. The Labute approximate surface area is 167 Å². The Morgan fingerprint density at radius 2 is 1.96 bits per heavy atom. The fourth-order valence-electron chi connectivity index (χ4n) is 2.63. The first-order valence-electron chi connectivity index (χ1n) is 8.67. The number of hydrogen-bond donors (Lipinski definition) is 1. The van der Waals surface area contributed by atoms with Crippen LogP contribution in [0.2, 0.25) is 0 Å². The van der Waals surface area contributed by atoms with Crippen LogP contribution in [0.3, 0.4) is 0 Å². The number of anilines is 2. The molecular formula is C20H20N4O3S. The van der Waals surface area contributed by atoms with Gasteiger partial charge in [-0.2, -0.15) is 0 Å². The number of phenols is 1. The van der Waals surface area contributed by atoms with Gasteiger partial charge in [0.25, 0.3) is 0 Å². The Balaban J connectivity index is 2.16. The number of nitrogens with zero attached hydrogens (tertiary/aromatic N) is 4. The van der Waals surface area contributed by atoms with Gasteiger partial charge in [0.15, 0.2) is 11.0 Å². The molecular weight excluding hydrogens is 376 g/mol. The Kier molecular flexibility index (Phi) is 6.44. The molecule has 0 amide bonds. The topological polar surface area (TPSA) is 88.4 Å². The number of aromatic hydroxyl groups is 1. The summed E-state index contributed by atoms with van der Waals surface area (Å²) in [7, 11) is 0. The average Bonchev–Trinajstić information content (AvgIpc) is 2.73. The van der Waals surface area contributed by atoms with Crippen LogP contribution in [0.15, 0.2) is 60.0 Å². The Morgan fingerprint density at radius 3 is 2.64 bits per heavy atom. The van der Waals surface area contributed by atoms with Gasteiger partial charge in [-0.1, -0.05) is 30.0 Å². The lowest BCUT2D eigenvalue weighted by atomic mass is 10.2. The third-order valence-electron chi connectivity index (χ3n) is 3.90. The molecule has 2 aromatic heterocycles. The lowest BCUT2D eigenvalue weighted by Gasteiger charge is -2.26. The zero-order valence-corrected chi connectivity index (χ0v) is 16.4. The standard InChI is InChI=1S/C20H20N4O3S/c1-3-27-19(26)15-12-22-20(28-2)23-18(15)24(13-14-8-6-7-11-21-14)16-9-4-5-10-17(16)25/h4-12,25H,3,13H2,1-2H3. The van der Waals surface area contributed by atoms with Crippen molar-refractivity contribution in [3.8, 4) is 5.75 Å². The monoisotopic (exact) mass is 396 g/mol. The first-order valence-corrected chi connectivity index (χ1v) is 9.90. The van der Waals surface area contributed by atoms with Crippen LogP contribution in [-0.2, 0) is 11.3 Å². The maximum absolute atomic E-state index is 12.5. The molecule has 144 valence electrons. The maximum Gasteiger partial charge on any atom is 0.343 e. The average molecular weight is 396 g/mol. The summed E-state index contributed by atoms with van der Waals surface area (Å²) in [6.07, 6.45) is 5.00. The number of ether oxygens (including phenoxy) is 1. The first kappa shape index (κ1) is 19.6. The van der Waals surface area contributed by atoms with Gasteiger partial charge in [0.05, 0.1) is 24.5 Å². The molecule has 0 fully saturated rings. The summed E-state index contributed by atoms with van der Waals surface area (Å²) in [5, 5.41) is 11.0. The third-order valence-corrected chi connectivity index (χ3v) is 4.46. The molecule has 0 unspecified atom stereocenters. The largest absolute Gasteiger partial charge is 0.506 e. The second-order valence-electron chi connectivity index (χ2n) is 5.71. The number of phenolic OH excluding ortho intramolecular Hbond substituents is 1. The predicted octanol–water partition coefficient (Wildman–Crippen LogP) is 3.81. The number of carbonyl (C=O) groups excluding carboxylic acids is 1. The van der Waals surface area contributed by atoms with Crippen molar-refractivity contribution >= 4 is 29.2 Å². The molecule has 0 saturated heterocycles. The van der Waals surface area contributed by atoms with Crippen molar-refractivity contribution in [2.45, 2.75) is 18.6 Å². The van der Waals surface area contributed by atoms with Crippen LogP contribution in [-0.4, -0.2) is 38.9 Å². The lowest BCUT2D eigenvalue weighted by Crippen LogP contribution is -2.23. The minimum atomic E-state index is -0.522. The number of aromatic nitrogens is 3. The van der Waals surface area contributed by atoms with Gasteiger partial charge in [0.1, 0.15) is 11.3 Å². The molecule has 0 saturated carbocycles. The van der Waals surface area contributed by atoms with E-state index in [1.165, 1.54) is 18.0 Å². The van der Waals surface area contributed by atoms with E-state index in [0.29, 0.717) is 23.2 Å². The van der Waals surface area contributed by atoms with E-state index in [4.69, 9.17) is 4.74 Å². The van der Waals surface area contributed by atoms with Crippen molar-refractivity contribution in [1.29, 1.82) is 0 Å². The van der Waals surface area contributed by atoms with Crippen LogP contribution >= 0.6 is 11.8 Å². The van der Waals surface area contributed by atoms with Crippen molar-refractivity contribution < 1.29 is 14.6 Å². The van der Waals surface area contributed by atoms with Crippen molar-refractivity contribution in [2.75, 3.05) is 17.8 Å². The number of hydrogen-bond acceptors (Lipinski definition) is 8. The summed E-state index contributed by atoms with van der Waals surface area (Å²) in [5.41, 5.74) is 1.48. The van der Waals surface area contributed by atoms with E-state index in [1.807, 2.05) is 24.5 Å². The van der Waals surface area contributed by atoms with Gasteiger partial charge in [-0.15, -0.1) is 0 Å². The number of thioether (sulfide) groups is 1. The zero-order chi connectivity index (χ0) is 19.9. The molecule has 3 rings (SSSR count). The van der Waals surface area contributed by atoms with Crippen LogP contribution in [0.5, 0.6) is 5.75 Å². The smallest absolute Gasteiger partial charge is 0.343 e. The normalized spacial score (nSPS) is 10.5. The molecule has 1 N–H and O–H groups in total. The quantitative estimate of drug-likeness (QED) is 0.366. The third kappa shape index (κ3) is 4.40. The lowest BCUT2D eigenvalue weighted by molar-refractivity contribution is 0.0526. The van der Waals surface area contributed by atoms with Gasteiger partial charge in [-0.05, 0) is 37.4 Å². The molecule has 0 atom stereocenters. The Morgan fingerprint density at radius 1 is 1.18 bits per heavy atom. The molecule has 0 aliphatic heterocycles. The zero-order valence-electron chi connectivity index (χ0n) is 15.6. The number of carbonyl (C=O) groups is 1. The van der Waals surface area contributed by atoms with Crippen LogP contribution < -0.4 is 4.90 Å². The summed E-state index contributed by atoms with van der Waals surface area (Å²) in [6.45, 7) is 2.28.